The molecule has 1 aliphatic rings. The van der Waals surface area contributed by atoms with Gasteiger partial charge in [-0.1, -0.05) is 15.9 Å². The number of amides is 1. The second kappa shape index (κ2) is 6.10. The van der Waals surface area contributed by atoms with Crippen molar-refractivity contribution in [3.05, 3.63) is 31.8 Å². The zero-order valence-corrected chi connectivity index (χ0v) is 14.7. The summed E-state index contributed by atoms with van der Waals surface area (Å²) in [5, 5.41) is 3.11. The van der Waals surface area contributed by atoms with Gasteiger partial charge in [0.15, 0.2) is 0 Å². The number of hydrogen-bond acceptors (Lipinski definition) is 2. The molecule has 0 aliphatic carbocycles. The largest absolute Gasteiger partial charge is 0.375 e. The monoisotopic (exact) mass is 437 g/mol. The van der Waals surface area contributed by atoms with Crippen molar-refractivity contribution in [1.29, 1.82) is 0 Å². The Bertz CT molecular complexity index is 490. The van der Waals surface area contributed by atoms with Crippen molar-refractivity contribution in [2.75, 3.05) is 6.61 Å². The van der Waals surface area contributed by atoms with E-state index in [1.54, 1.807) is 0 Å². The lowest BCUT2D eigenvalue weighted by Gasteiger charge is -2.35. The summed E-state index contributed by atoms with van der Waals surface area (Å²) in [6.07, 6.45) is 1.73. The van der Waals surface area contributed by atoms with Gasteiger partial charge in [0.1, 0.15) is 0 Å². The molecule has 0 saturated carbocycles. The Morgan fingerprint density at radius 1 is 1.53 bits per heavy atom. The number of halogens is 2. The highest BCUT2D eigenvalue weighted by Crippen LogP contribution is 2.25. The first-order valence-corrected chi connectivity index (χ1v) is 8.14. The molecule has 2 rings (SSSR count). The van der Waals surface area contributed by atoms with Gasteiger partial charge in [-0.25, -0.2) is 0 Å². The van der Waals surface area contributed by atoms with Crippen molar-refractivity contribution in [1.82, 2.24) is 5.32 Å². The smallest absolute Gasteiger partial charge is 0.252 e. The summed E-state index contributed by atoms with van der Waals surface area (Å²) in [5.74, 6) is -0.00611. The lowest BCUT2D eigenvalue weighted by molar-refractivity contribution is -0.0615. The first kappa shape index (κ1) is 15.3. The van der Waals surface area contributed by atoms with Crippen LogP contribution in [-0.2, 0) is 4.74 Å². The van der Waals surface area contributed by atoms with Crippen LogP contribution in [0.1, 0.15) is 37.0 Å². The van der Waals surface area contributed by atoms with Crippen molar-refractivity contribution >= 4 is 44.4 Å². The van der Waals surface area contributed by atoms with Gasteiger partial charge in [0.2, 0.25) is 0 Å². The van der Waals surface area contributed by atoms with E-state index in [2.05, 4.69) is 57.7 Å². The molecule has 104 valence electrons. The fraction of sp³-hybridized carbons (Fsp3) is 0.500. The number of rotatable bonds is 2. The Morgan fingerprint density at radius 2 is 2.26 bits per heavy atom. The van der Waals surface area contributed by atoms with Crippen LogP contribution in [0, 0.1) is 3.57 Å². The molecule has 1 heterocycles. The Balaban J connectivity index is 2.06. The summed E-state index contributed by atoms with van der Waals surface area (Å²) in [7, 11) is 0. The zero-order valence-electron chi connectivity index (χ0n) is 11.0. The van der Waals surface area contributed by atoms with Crippen LogP contribution in [-0.4, -0.2) is 24.2 Å². The standard InChI is InChI=1S/C14H17BrINO2/c1-14(2)8-10(5-6-19-14)17-13(18)11-7-9(15)3-4-12(11)16/h3-4,7,10H,5-6,8H2,1-2H3,(H,17,18). The summed E-state index contributed by atoms with van der Waals surface area (Å²) >= 11 is 5.59. The molecular weight excluding hydrogens is 421 g/mol. The maximum absolute atomic E-state index is 12.3. The summed E-state index contributed by atoms with van der Waals surface area (Å²) in [6, 6.07) is 5.93. The molecule has 1 aliphatic heterocycles. The first-order chi connectivity index (χ1) is 8.87. The fourth-order valence-corrected chi connectivity index (χ4v) is 3.23. The van der Waals surface area contributed by atoms with Gasteiger partial charge < -0.3 is 10.1 Å². The fourth-order valence-electron chi connectivity index (χ4n) is 2.29. The molecule has 5 heteroatoms. The third-order valence-corrected chi connectivity index (χ3v) is 4.64. The minimum Gasteiger partial charge on any atom is -0.375 e. The second-order valence-corrected chi connectivity index (χ2v) is 7.47. The van der Waals surface area contributed by atoms with Gasteiger partial charge in [-0.2, -0.15) is 0 Å². The van der Waals surface area contributed by atoms with E-state index in [4.69, 9.17) is 4.74 Å². The normalized spacial score (nSPS) is 22.0. The second-order valence-electron chi connectivity index (χ2n) is 5.40. The maximum atomic E-state index is 12.3. The molecule has 1 unspecified atom stereocenters. The van der Waals surface area contributed by atoms with E-state index >= 15 is 0 Å². The Morgan fingerprint density at radius 3 is 2.95 bits per heavy atom. The van der Waals surface area contributed by atoms with Crippen LogP contribution in [0.4, 0.5) is 0 Å². The van der Waals surface area contributed by atoms with Crippen LogP contribution in [0.5, 0.6) is 0 Å². The van der Waals surface area contributed by atoms with Gasteiger partial charge in [-0.05, 0) is 67.5 Å². The van der Waals surface area contributed by atoms with E-state index in [0.717, 1.165) is 26.4 Å². The average molecular weight is 438 g/mol. The molecule has 0 radical (unpaired) electrons. The number of ether oxygens (including phenoxy) is 1. The quantitative estimate of drug-likeness (QED) is 0.715. The zero-order chi connectivity index (χ0) is 14.0. The van der Waals surface area contributed by atoms with Crippen molar-refractivity contribution in [3.63, 3.8) is 0 Å². The minimum absolute atomic E-state index is 0.00611. The molecule has 1 amide bonds. The molecule has 0 bridgehead atoms. The van der Waals surface area contributed by atoms with Crippen LogP contribution in [0.3, 0.4) is 0 Å². The molecule has 0 aromatic heterocycles. The van der Waals surface area contributed by atoms with Gasteiger partial charge >= 0.3 is 0 Å². The molecule has 1 N–H and O–H groups in total. The number of carbonyl (C=O) groups excluding carboxylic acids is 1. The van der Waals surface area contributed by atoms with Gasteiger partial charge in [-0.3, -0.25) is 4.79 Å². The molecule has 19 heavy (non-hydrogen) atoms. The van der Waals surface area contributed by atoms with Gasteiger partial charge in [0.25, 0.3) is 5.91 Å². The highest BCUT2D eigenvalue weighted by molar-refractivity contribution is 14.1. The van der Waals surface area contributed by atoms with Crippen LogP contribution >= 0.6 is 38.5 Å². The number of benzene rings is 1. The molecule has 1 aromatic carbocycles. The third kappa shape index (κ3) is 4.16. The molecule has 0 spiro atoms. The highest BCUT2D eigenvalue weighted by Gasteiger charge is 2.30. The van der Waals surface area contributed by atoms with E-state index in [-0.39, 0.29) is 17.6 Å². The molecular formula is C14H17BrINO2. The number of nitrogens with one attached hydrogen (secondary N) is 1. The van der Waals surface area contributed by atoms with Crippen LogP contribution < -0.4 is 5.32 Å². The molecule has 3 nitrogen and oxygen atoms in total. The molecule has 1 fully saturated rings. The number of hydrogen-bond donors (Lipinski definition) is 1. The van der Waals surface area contributed by atoms with Gasteiger partial charge in [-0.15, -0.1) is 0 Å². The third-order valence-electron chi connectivity index (χ3n) is 3.21. The van der Waals surface area contributed by atoms with E-state index in [0.29, 0.717) is 6.61 Å². The van der Waals surface area contributed by atoms with Crippen molar-refractivity contribution in [2.24, 2.45) is 0 Å². The van der Waals surface area contributed by atoms with E-state index in [9.17, 15) is 4.79 Å². The summed E-state index contributed by atoms with van der Waals surface area (Å²) in [5.41, 5.74) is 0.569. The molecule has 1 aromatic rings. The minimum atomic E-state index is -0.152. The summed E-state index contributed by atoms with van der Waals surface area (Å²) in [4.78, 5) is 12.3. The Hall–Kier alpha value is -0.140. The van der Waals surface area contributed by atoms with E-state index in [1.807, 2.05) is 18.2 Å². The first-order valence-electron chi connectivity index (χ1n) is 6.27. The van der Waals surface area contributed by atoms with Crippen LogP contribution in [0.2, 0.25) is 0 Å². The lowest BCUT2D eigenvalue weighted by atomic mass is 9.94. The van der Waals surface area contributed by atoms with E-state index in [1.165, 1.54) is 0 Å². The van der Waals surface area contributed by atoms with E-state index < -0.39 is 0 Å². The predicted molar refractivity (Wildman–Crippen MR) is 87.4 cm³/mol. The lowest BCUT2D eigenvalue weighted by Crippen LogP contribution is -2.45. The van der Waals surface area contributed by atoms with Gasteiger partial charge in [0, 0.05) is 20.7 Å². The van der Waals surface area contributed by atoms with Crippen LogP contribution in [0.15, 0.2) is 22.7 Å². The predicted octanol–water partition coefficient (Wildman–Crippen LogP) is 3.74. The molecule has 1 saturated heterocycles. The topological polar surface area (TPSA) is 38.3 Å². The van der Waals surface area contributed by atoms with Crippen molar-refractivity contribution < 1.29 is 9.53 Å². The van der Waals surface area contributed by atoms with Crippen molar-refractivity contribution in [2.45, 2.75) is 38.3 Å². The maximum Gasteiger partial charge on any atom is 0.252 e. The van der Waals surface area contributed by atoms with Gasteiger partial charge in [0.05, 0.1) is 11.2 Å². The van der Waals surface area contributed by atoms with Crippen molar-refractivity contribution in [3.8, 4) is 0 Å². The SMILES string of the molecule is CC1(C)CC(NC(=O)c2cc(Br)ccc2I)CCO1. The Kier molecular flexibility index (Phi) is 4.89. The average Bonchev–Trinajstić information content (AvgIpc) is 2.31. The number of carbonyl (C=O) groups is 1. The summed E-state index contributed by atoms with van der Waals surface area (Å²) < 4.78 is 7.55. The van der Waals surface area contributed by atoms with Crippen LogP contribution in [0.25, 0.3) is 0 Å². The molecule has 1 atom stereocenters. The summed E-state index contributed by atoms with van der Waals surface area (Å²) in [6.45, 7) is 4.83. The highest BCUT2D eigenvalue weighted by atomic mass is 127. The Labute approximate surface area is 135 Å².